The Bertz CT molecular complexity index is 1140. The van der Waals surface area contributed by atoms with Crippen LogP contribution in [0, 0.1) is 0 Å². The summed E-state index contributed by atoms with van der Waals surface area (Å²) in [6.45, 7) is 0. The number of hydrogen-bond acceptors (Lipinski definition) is 9. The molecule has 0 radical (unpaired) electrons. The maximum Gasteiger partial charge on any atom is 0.250 e. The van der Waals surface area contributed by atoms with Gasteiger partial charge in [0.2, 0.25) is 17.8 Å². The molecule has 0 saturated heterocycles. The van der Waals surface area contributed by atoms with Crippen LogP contribution in [0.5, 0.6) is 11.5 Å². The number of phenols is 1. The molecular weight excluding hydrogens is 406 g/mol. The van der Waals surface area contributed by atoms with Crippen LogP contribution >= 0.6 is 0 Å². The lowest BCUT2D eigenvalue weighted by atomic mass is 10.2. The van der Waals surface area contributed by atoms with Crippen LogP contribution in [0.25, 0.3) is 0 Å². The van der Waals surface area contributed by atoms with Crippen LogP contribution in [0.4, 0.5) is 29.2 Å². The third-order valence-corrected chi connectivity index (χ3v) is 4.31. The van der Waals surface area contributed by atoms with Crippen LogP contribution in [0.15, 0.2) is 84.0 Å². The zero-order chi connectivity index (χ0) is 22.2. The van der Waals surface area contributed by atoms with E-state index in [4.69, 9.17) is 4.74 Å². The van der Waals surface area contributed by atoms with Crippen LogP contribution in [0.1, 0.15) is 5.56 Å². The number of aromatic hydroxyl groups is 1. The van der Waals surface area contributed by atoms with Crippen molar-refractivity contribution >= 4 is 35.4 Å². The second kappa shape index (κ2) is 9.90. The first kappa shape index (κ1) is 20.6. The molecule has 4 N–H and O–H groups in total. The Morgan fingerprint density at radius 2 is 1.31 bits per heavy atom. The summed E-state index contributed by atoms with van der Waals surface area (Å²) in [6.07, 6.45) is 1.45. The Morgan fingerprint density at radius 3 is 1.88 bits per heavy atom. The van der Waals surface area contributed by atoms with Crippen molar-refractivity contribution in [3.05, 3.63) is 84.4 Å². The molecule has 0 aliphatic carbocycles. The number of aromatic nitrogens is 3. The SMILES string of the molecule is COc1cccc(/C=N\Nc2nc(Nc3ccccc3)nc(Nc3ccccc3)n2)c1O. The average molecular weight is 427 g/mol. The summed E-state index contributed by atoms with van der Waals surface area (Å²) in [5.41, 5.74) is 4.93. The number of nitrogens with one attached hydrogen (secondary N) is 3. The number of methoxy groups -OCH3 is 1. The maximum absolute atomic E-state index is 10.2. The van der Waals surface area contributed by atoms with Gasteiger partial charge in [0.25, 0.3) is 0 Å². The fourth-order valence-corrected chi connectivity index (χ4v) is 2.81. The summed E-state index contributed by atoms with van der Waals surface area (Å²) >= 11 is 0. The van der Waals surface area contributed by atoms with Crippen LogP contribution < -0.4 is 20.8 Å². The van der Waals surface area contributed by atoms with E-state index in [-0.39, 0.29) is 11.7 Å². The predicted molar refractivity (Wildman–Crippen MR) is 125 cm³/mol. The minimum absolute atomic E-state index is 0.00550. The van der Waals surface area contributed by atoms with Gasteiger partial charge in [0.15, 0.2) is 11.5 Å². The highest BCUT2D eigenvalue weighted by Crippen LogP contribution is 2.28. The number of hydrogen-bond donors (Lipinski definition) is 4. The van der Waals surface area contributed by atoms with Crippen LogP contribution in [0.2, 0.25) is 0 Å². The van der Waals surface area contributed by atoms with Gasteiger partial charge in [-0.05, 0) is 36.4 Å². The van der Waals surface area contributed by atoms with Gasteiger partial charge >= 0.3 is 0 Å². The molecule has 0 aliphatic rings. The number of para-hydroxylation sites is 3. The molecule has 0 amide bonds. The summed E-state index contributed by atoms with van der Waals surface area (Å²) in [4.78, 5) is 13.2. The van der Waals surface area contributed by atoms with E-state index in [1.54, 1.807) is 18.2 Å². The predicted octanol–water partition coefficient (Wildman–Crippen LogP) is 4.52. The first-order valence-electron chi connectivity index (χ1n) is 9.76. The standard InChI is InChI=1S/C23H21N7O2/c1-32-19-14-8-9-16(20(19)31)15-24-30-23-28-21(25-17-10-4-2-5-11-17)27-22(29-23)26-18-12-6-3-7-13-18/h2-15,31H,1H3,(H3,25,26,27,28,29,30)/b24-15-. The molecular formula is C23H21N7O2. The Hall–Kier alpha value is -4.66. The van der Waals surface area contributed by atoms with Crippen molar-refractivity contribution in [1.29, 1.82) is 0 Å². The third kappa shape index (κ3) is 5.28. The van der Waals surface area contributed by atoms with Crippen molar-refractivity contribution in [3.63, 3.8) is 0 Å². The van der Waals surface area contributed by atoms with E-state index in [0.29, 0.717) is 23.2 Å². The lowest BCUT2D eigenvalue weighted by Gasteiger charge is -2.10. The van der Waals surface area contributed by atoms with Gasteiger partial charge in [-0.3, -0.25) is 0 Å². The van der Waals surface area contributed by atoms with Gasteiger partial charge in [-0.25, -0.2) is 5.43 Å². The van der Waals surface area contributed by atoms with Gasteiger partial charge in [-0.1, -0.05) is 42.5 Å². The molecule has 0 atom stereocenters. The molecule has 1 heterocycles. The Labute approximate surface area is 184 Å². The molecule has 9 heteroatoms. The minimum atomic E-state index is -0.00550. The highest BCUT2D eigenvalue weighted by Gasteiger charge is 2.08. The molecule has 0 bridgehead atoms. The summed E-state index contributed by atoms with van der Waals surface area (Å²) in [5, 5.41) is 20.6. The van der Waals surface area contributed by atoms with Crippen LogP contribution in [-0.2, 0) is 0 Å². The second-order valence-electron chi connectivity index (χ2n) is 6.56. The highest BCUT2D eigenvalue weighted by atomic mass is 16.5. The van der Waals surface area contributed by atoms with Crippen molar-refractivity contribution < 1.29 is 9.84 Å². The second-order valence-corrected chi connectivity index (χ2v) is 6.56. The molecule has 0 aliphatic heterocycles. The molecule has 160 valence electrons. The molecule has 9 nitrogen and oxygen atoms in total. The lowest BCUT2D eigenvalue weighted by molar-refractivity contribution is 0.373. The zero-order valence-electron chi connectivity index (χ0n) is 17.2. The molecule has 0 saturated carbocycles. The van der Waals surface area contributed by atoms with Crippen LogP contribution in [-0.4, -0.2) is 33.4 Å². The lowest BCUT2D eigenvalue weighted by Crippen LogP contribution is -2.07. The van der Waals surface area contributed by atoms with Crippen molar-refractivity contribution in [2.45, 2.75) is 0 Å². The van der Waals surface area contributed by atoms with E-state index in [0.717, 1.165) is 11.4 Å². The monoisotopic (exact) mass is 427 g/mol. The topological polar surface area (TPSA) is 117 Å². The van der Waals surface area contributed by atoms with E-state index < -0.39 is 0 Å². The fraction of sp³-hybridized carbons (Fsp3) is 0.0435. The summed E-state index contributed by atoms with van der Waals surface area (Å²) < 4.78 is 5.11. The summed E-state index contributed by atoms with van der Waals surface area (Å²) in [7, 11) is 1.49. The van der Waals surface area contributed by atoms with Crippen molar-refractivity contribution in [2.75, 3.05) is 23.2 Å². The van der Waals surface area contributed by atoms with E-state index in [2.05, 4.69) is 36.1 Å². The highest BCUT2D eigenvalue weighted by molar-refractivity contribution is 5.85. The molecule has 32 heavy (non-hydrogen) atoms. The average Bonchev–Trinajstić information content (AvgIpc) is 2.81. The largest absolute Gasteiger partial charge is 0.504 e. The molecule has 3 aromatic carbocycles. The summed E-state index contributed by atoms with van der Waals surface area (Å²) in [6, 6.07) is 24.3. The molecule has 4 aromatic rings. The molecule has 1 aromatic heterocycles. The number of phenolic OH excluding ortho intramolecular Hbond substituents is 1. The first-order chi connectivity index (χ1) is 15.7. The number of anilines is 5. The van der Waals surface area contributed by atoms with Crippen molar-refractivity contribution in [2.24, 2.45) is 5.10 Å². The zero-order valence-corrected chi connectivity index (χ0v) is 17.2. The molecule has 0 fully saturated rings. The van der Waals surface area contributed by atoms with Gasteiger partial charge in [-0.2, -0.15) is 20.1 Å². The minimum Gasteiger partial charge on any atom is -0.504 e. The van der Waals surface area contributed by atoms with Gasteiger partial charge in [0.05, 0.1) is 13.3 Å². The number of nitrogens with zero attached hydrogens (tertiary/aromatic N) is 4. The third-order valence-electron chi connectivity index (χ3n) is 4.31. The number of hydrazone groups is 1. The Kier molecular flexibility index (Phi) is 6.37. The molecule has 4 rings (SSSR count). The van der Waals surface area contributed by atoms with Gasteiger partial charge in [-0.15, -0.1) is 0 Å². The molecule has 0 unspecified atom stereocenters. The number of ether oxygens (including phenoxy) is 1. The van der Waals surface area contributed by atoms with E-state index >= 15 is 0 Å². The van der Waals surface area contributed by atoms with E-state index in [1.165, 1.54) is 13.3 Å². The van der Waals surface area contributed by atoms with Gasteiger partial charge in [0, 0.05) is 16.9 Å². The van der Waals surface area contributed by atoms with E-state index in [9.17, 15) is 5.11 Å². The fourth-order valence-electron chi connectivity index (χ4n) is 2.81. The van der Waals surface area contributed by atoms with Gasteiger partial charge < -0.3 is 20.5 Å². The number of rotatable bonds is 8. The van der Waals surface area contributed by atoms with Crippen molar-refractivity contribution in [1.82, 2.24) is 15.0 Å². The van der Waals surface area contributed by atoms with Gasteiger partial charge in [0.1, 0.15) is 0 Å². The first-order valence-corrected chi connectivity index (χ1v) is 9.76. The van der Waals surface area contributed by atoms with Crippen molar-refractivity contribution in [3.8, 4) is 11.5 Å². The normalized spacial score (nSPS) is 10.7. The quantitative estimate of drug-likeness (QED) is 0.240. The Balaban J connectivity index is 1.58. The number of benzene rings is 3. The van der Waals surface area contributed by atoms with Crippen LogP contribution in [0.3, 0.4) is 0 Å². The Morgan fingerprint density at radius 1 is 0.750 bits per heavy atom. The summed E-state index contributed by atoms with van der Waals surface area (Å²) in [5.74, 6) is 1.25. The smallest absolute Gasteiger partial charge is 0.250 e. The molecule has 0 spiro atoms. The van der Waals surface area contributed by atoms with E-state index in [1.807, 2.05) is 60.7 Å². The maximum atomic E-state index is 10.2.